The standard InChI is InChI=1S/C20H34N4/c1-16(2)13-22-20(21-4)23-14-18-8-10-19(11-9-18)15-24-12-6-5-7-17(24)3/h8-11,16-17H,5-7,12-15H2,1-4H3,(H2,21,22,23). The summed E-state index contributed by atoms with van der Waals surface area (Å²) in [6, 6.07) is 9.71. The molecule has 24 heavy (non-hydrogen) atoms. The molecule has 2 rings (SSSR count). The predicted molar refractivity (Wildman–Crippen MR) is 103 cm³/mol. The maximum atomic E-state index is 4.27. The van der Waals surface area contributed by atoms with Crippen molar-refractivity contribution in [3.63, 3.8) is 0 Å². The summed E-state index contributed by atoms with van der Waals surface area (Å²) in [5, 5.41) is 6.72. The van der Waals surface area contributed by atoms with Crippen LogP contribution in [0.4, 0.5) is 0 Å². The molecule has 0 amide bonds. The molecular formula is C20H34N4. The first-order valence-electron chi connectivity index (χ1n) is 9.35. The van der Waals surface area contributed by atoms with Crippen LogP contribution in [0.2, 0.25) is 0 Å². The van der Waals surface area contributed by atoms with Gasteiger partial charge in [0.15, 0.2) is 5.96 Å². The Morgan fingerprint density at radius 2 is 1.88 bits per heavy atom. The van der Waals surface area contributed by atoms with Crippen LogP contribution in [-0.4, -0.2) is 37.0 Å². The first-order chi connectivity index (χ1) is 11.6. The van der Waals surface area contributed by atoms with Gasteiger partial charge in [0.25, 0.3) is 0 Å². The Balaban J connectivity index is 1.81. The quantitative estimate of drug-likeness (QED) is 0.620. The van der Waals surface area contributed by atoms with E-state index < -0.39 is 0 Å². The number of piperidine rings is 1. The van der Waals surface area contributed by atoms with Crippen LogP contribution in [0, 0.1) is 5.92 Å². The largest absolute Gasteiger partial charge is 0.356 e. The van der Waals surface area contributed by atoms with Crippen LogP contribution < -0.4 is 10.6 Å². The van der Waals surface area contributed by atoms with Gasteiger partial charge in [0, 0.05) is 32.7 Å². The van der Waals surface area contributed by atoms with Crippen LogP contribution in [0.5, 0.6) is 0 Å². The number of hydrogen-bond donors (Lipinski definition) is 2. The van der Waals surface area contributed by atoms with Crippen molar-refractivity contribution in [3.8, 4) is 0 Å². The maximum Gasteiger partial charge on any atom is 0.191 e. The van der Waals surface area contributed by atoms with E-state index in [-0.39, 0.29) is 0 Å². The van der Waals surface area contributed by atoms with Gasteiger partial charge in [-0.1, -0.05) is 44.5 Å². The summed E-state index contributed by atoms with van der Waals surface area (Å²) in [6.45, 7) is 10.8. The van der Waals surface area contributed by atoms with Gasteiger partial charge in [-0.15, -0.1) is 0 Å². The molecule has 1 atom stereocenters. The number of rotatable bonds is 6. The summed E-state index contributed by atoms with van der Waals surface area (Å²) in [5.41, 5.74) is 2.70. The summed E-state index contributed by atoms with van der Waals surface area (Å²) in [5.74, 6) is 1.48. The Bertz CT molecular complexity index is 507. The minimum absolute atomic E-state index is 0.611. The van der Waals surface area contributed by atoms with Crippen LogP contribution in [0.3, 0.4) is 0 Å². The lowest BCUT2D eigenvalue weighted by atomic mass is 10.0. The van der Waals surface area contributed by atoms with E-state index in [1.54, 1.807) is 0 Å². The number of hydrogen-bond acceptors (Lipinski definition) is 2. The molecular weight excluding hydrogens is 296 g/mol. The highest BCUT2D eigenvalue weighted by Gasteiger charge is 2.17. The van der Waals surface area contributed by atoms with Gasteiger partial charge in [0.1, 0.15) is 0 Å². The van der Waals surface area contributed by atoms with Gasteiger partial charge in [-0.05, 0) is 43.4 Å². The molecule has 134 valence electrons. The fourth-order valence-corrected chi connectivity index (χ4v) is 3.10. The monoisotopic (exact) mass is 330 g/mol. The van der Waals surface area contributed by atoms with Crippen molar-refractivity contribution in [1.29, 1.82) is 0 Å². The van der Waals surface area contributed by atoms with Crippen LogP contribution in [0.15, 0.2) is 29.3 Å². The fourth-order valence-electron chi connectivity index (χ4n) is 3.10. The Kier molecular flexibility index (Phi) is 7.57. The second-order valence-corrected chi connectivity index (χ2v) is 7.33. The molecule has 1 unspecified atom stereocenters. The van der Waals surface area contributed by atoms with E-state index in [0.717, 1.165) is 31.6 Å². The van der Waals surface area contributed by atoms with Crippen molar-refractivity contribution in [2.75, 3.05) is 20.1 Å². The highest BCUT2D eigenvalue weighted by molar-refractivity contribution is 5.79. The lowest BCUT2D eigenvalue weighted by Crippen LogP contribution is -2.38. The molecule has 0 aromatic heterocycles. The summed E-state index contributed by atoms with van der Waals surface area (Å²) in [4.78, 5) is 6.87. The highest BCUT2D eigenvalue weighted by atomic mass is 15.2. The SMILES string of the molecule is CN=C(NCc1ccc(CN2CCCCC2C)cc1)NCC(C)C. The van der Waals surface area contributed by atoms with Crippen molar-refractivity contribution >= 4 is 5.96 Å². The van der Waals surface area contributed by atoms with Crippen LogP contribution in [-0.2, 0) is 13.1 Å². The van der Waals surface area contributed by atoms with Gasteiger partial charge in [-0.3, -0.25) is 9.89 Å². The van der Waals surface area contributed by atoms with E-state index in [1.807, 2.05) is 7.05 Å². The highest BCUT2D eigenvalue weighted by Crippen LogP contribution is 2.19. The minimum Gasteiger partial charge on any atom is -0.356 e. The zero-order chi connectivity index (χ0) is 17.4. The van der Waals surface area contributed by atoms with E-state index in [4.69, 9.17) is 0 Å². The molecule has 1 aliphatic heterocycles. The number of benzene rings is 1. The fraction of sp³-hybridized carbons (Fsp3) is 0.650. The lowest BCUT2D eigenvalue weighted by Gasteiger charge is -2.33. The molecule has 1 saturated heterocycles. The smallest absolute Gasteiger partial charge is 0.191 e. The van der Waals surface area contributed by atoms with E-state index in [2.05, 4.69) is 65.6 Å². The third kappa shape index (κ3) is 6.16. The van der Waals surface area contributed by atoms with Gasteiger partial charge in [0.2, 0.25) is 0 Å². The molecule has 1 aliphatic rings. The van der Waals surface area contributed by atoms with Crippen molar-refractivity contribution in [2.24, 2.45) is 10.9 Å². The molecule has 1 fully saturated rings. The topological polar surface area (TPSA) is 39.7 Å². The van der Waals surface area contributed by atoms with Gasteiger partial charge in [0.05, 0.1) is 0 Å². The summed E-state index contributed by atoms with van der Waals surface area (Å²) in [6.07, 6.45) is 4.06. The Hall–Kier alpha value is -1.55. The average molecular weight is 331 g/mol. The molecule has 4 nitrogen and oxygen atoms in total. The maximum absolute atomic E-state index is 4.27. The molecule has 0 aliphatic carbocycles. The van der Waals surface area contributed by atoms with Crippen molar-refractivity contribution in [1.82, 2.24) is 15.5 Å². The number of likely N-dealkylation sites (tertiary alicyclic amines) is 1. The molecule has 1 heterocycles. The molecule has 1 aromatic carbocycles. The zero-order valence-electron chi connectivity index (χ0n) is 15.8. The molecule has 4 heteroatoms. The third-order valence-corrected chi connectivity index (χ3v) is 4.71. The van der Waals surface area contributed by atoms with Gasteiger partial charge in [-0.2, -0.15) is 0 Å². The second-order valence-electron chi connectivity index (χ2n) is 7.33. The molecule has 0 saturated carbocycles. The first-order valence-corrected chi connectivity index (χ1v) is 9.35. The summed E-state index contributed by atoms with van der Waals surface area (Å²) >= 11 is 0. The Morgan fingerprint density at radius 1 is 1.17 bits per heavy atom. The van der Waals surface area contributed by atoms with Crippen LogP contribution in [0.1, 0.15) is 51.2 Å². The van der Waals surface area contributed by atoms with E-state index in [0.29, 0.717) is 5.92 Å². The second kappa shape index (κ2) is 9.67. The molecule has 1 aromatic rings. The van der Waals surface area contributed by atoms with E-state index in [9.17, 15) is 0 Å². The van der Waals surface area contributed by atoms with Gasteiger partial charge in [-0.25, -0.2) is 0 Å². The van der Waals surface area contributed by atoms with Crippen molar-refractivity contribution in [2.45, 2.75) is 59.2 Å². The molecule has 0 spiro atoms. The lowest BCUT2D eigenvalue weighted by molar-refractivity contribution is 0.152. The first kappa shape index (κ1) is 18.8. The van der Waals surface area contributed by atoms with Crippen LogP contribution in [0.25, 0.3) is 0 Å². The zero-order valence-corrected chi connectivity index (χ0v) is 15.8. The number of aliphatic imine (C=N–C) groups is 1. The van der Waals surface area contributed by atoms with E-state index in [1.165, 1.54) is 36.9 Å². The van der Waals surface area contributed by atoms with Crippen LogP contribution >= 0.6 is 0 Å². The van der Waals surface area contributed by atoms with Gasteiger partial charge < -0.3 is 10.6 Å². The predicted octanol–water partition coefficient (Wildman–Crippen LogP) is 3.38. The average Bonchev–Trinajstić information content (AvgIpc) is 2.58. The molecule has 2 N–H and O–H groups in total. The molecule has 0 bridgehead atoms. The third-order valence-electron chi connectivity index (χ3n) is 4.71. The number of guanidine groups is 1. The van der Waals surface area contributed by atoms with Gasteiger partial charge >= 0.3 is 0 Å². The van der Waals surface area contributed by atoms with E-state index >= 15 is 0 Å². The normalized spacial score (nSPS) is 19.5. The molecule has 0 radical (unpaired) electrons. The summed E-state index contributed by atoms with van der Waals surface area (Å²) in [7, 11) is 1.82. The summed E-state index contributed by atoms with van der Waals surface area (Å²) < 4.78 is 0. The minimum atomic E-state index is 0.611. The Labute approximate surface area is 147 Å². The van der Waals surface area contributed by atoms with Crippen molar-refractivity contribution in [3.05, 3.63) is 35.4 Å². The van der Waals surface area contributed by atoms with Crippen molar-refractivity contribution < 1.29 is 0 Å². The number of nitrogens with one attached hydrogen (secondary N) is 2. The number of nitrogens with zero attached hydrogens (tertiary/aromatic N) is 2. The Morgan fingerprint density at radius 3 is 2.50 bits per heavy atom.